The number of aromatic amines is 2. The average Bonchev–Trinajstić information content (AvgIpc) is 3.50. The van der Waals surface area contributed by atoms with Gasteiger partial charge >= 0.3 is 0 Å². The predicted molar refractivity (Wildman–Crippen MR) is 125 cm³/mol. The molecule has 0 saturated carbocycles. The first-order chi connectivity index (χ1) is 14.7. The second-order valence-corrected chi connectivity index (χ2v) is 8.35. The Labute approximate surface area is 177 Å². The van der Waals surface area contributed by atoms with Crippen molar-refractivity contribution in [2.24, 2.45) is 5.73 Å². The van der Waals surface area contributed by atoms with Gasteiger partial charge in [0.1, 0.15) is 0 Å². The molecule has 3 heterocycles. The maximum absolute atomic E-state index is 6.39. The van der Waals surface area contributed by atoms with Gasteiger partial charge in [-0.15, -0.1) is 0 Å². The Morgan fingerprint density at radius 2 is 2.03 bits per heavy atom. The Balaban J connectivity index is 1.26. The molecule has 0 aliphatic carbocycles. The van der Waals surface area contributed by atoms with E-state index in [1.807, 2.05) is 25.4 Å². The molecule has 5 rings (SSSR count). The zero-order valence-corrected chi connectivity index (χ0v) is 17.4. The number of benzene rings is 2. The van der Waals surface area contributed by atoms with Gasteiger partial charge in [0.05, 0.1) is 10.4 Å². The minimum Gasteiger partial charge on any atom is -0.371 e. The lowest BCUT2D eigenvalue weighted by atomic mass is 10.1. The molecule has 7 nitrogen and oxygen atoms in total. The van der Waals surface area contributed by atoms with Crippen LogP contribution in [-0.2, 0) is 6.42 Å². The Hall–Kier alpha value is -3.36. The normalized spacial score (nSPS) is 12.5. The van der Waals surface area contributed by atoms with Gasteiger partial charge in [0.25, 0.3) is 0 Å². The number of fused-ring (bicyclic) bond motifs is 2. The lowest BCUT2D eigenvalue weighted by Gasteiger charge is -2.11. The van der Waals surface area contributed by atoms with Crippen LogP contribution in [-0.4, -0.2) is 39.8 Å². The molecule has 152 valence electrons. The minimum atomic E-state index is -0.00276. The lowest BCUT2D eigenvalue weighted by Crippen LogP contribution is -2.31. The van der Waals surface area contributed by atoms with E-state index >= 15 is 0 Å². The van der Waals surface area contributed by atoms with Crippen molar-refractivity contribution in [2.75, 3.05) is 24.2 Å². The highest BCUT2D eigenvalue weighted by Crippen LogP contribution is 2.32. The molecule has 5 aromatic rings. The fourth-order valence-corrected chi connectivity index (χ4v) is 4.54. The summed E-state index contributed by atoms with van der Waals surface area (Å²) in [6, 6.07) is 14.6. The molecule has 0 bridgehead atoms. The van der Waals surface area contributed by atoms with Gasteiger partial charge in [-0.3, -0.25) is 5.10 Å². The second kappa shape index (κ2) is 7.81. The molecule has 8 heteroatoms. The number of nitrogens with zero attached hydrogens (tertiary/aromatic N) is 2. The number of nitrogens with one attached hydrogen (secondary N) is 4. The SMILES string of the molecule is CNc1n[nH]c2ccc(-c3cnc(NC[C@@H](N)Cc4c[nH]c5ccccc45)s3)cc12. The van der Waals surface area contributed by atoms with Crippen LogP contribution < -0.4 is 16.4 Å². The third kappa shape index (κ3) is 3.51. The van der Waals surface area contributed by atoms with E-state index in [-0.39, 0.29) is 6.04 Å². The number of aromatic nitrogens is 4. The summed E-state index contributed by atoms with van der Waals surface area (Å²) in [5, 5.41) is 17.0. The Kier molecular flexibility index (Phi) is 4.86. The molecule has 0 aliphatic heterocycles. The van der Waals surface area contributed by atoms with Gasteiger partial charge in [0, 0.05) is 48.3 Å². The zero-order valence-electron chi connectivity index (χ0n) is 16.6. The van der Waals surface area contributed by atoms with Crippen LogP contribution in [0.1, 0.15) is 5.56 Å². The van der Waals surface area contributed by atoms with Crippen LogP contribution in [0.4, 0.5) is 10.9 Å². The van der Waals surface area contributed by atoms with Gasteiger partial charge < -0.3 is 21.4 Å². The van der Waals surface area contributed by atoms with Crippen LogP contribution in [0.5, 0.6) is 0 Å². The van der Waals surface area contributed by atoms with Gasteiger partial charge in [0.15, 0.2) is 10.9 Å². The number of hydrogen-bond donors (Lipinski definition) is 5. The van der Waals surface area contributed by atoms with Crippen molar-refractivity contribution < 1.29 is 0 Å². The highest BCUT2D eigenvalue weighted by atomic mass is 32.1. The first kappa shape index (κ1) is 18.7. The van der Waals surface area contributed by atoms with E-state index < -0.39 is 0 Å². The molecule has 0 spiro atoms. The molecule has 0 saturated heterocycles. The smallest absolute Gasteiger partial charge is 0.183 e. The highest BCUT2D eigenvalue weighted by molar-refractivity contribution is 7.18. The van der Waals surface area contributed by atoms with Crippen molar-refractivity contribution >= 4 is 44.1 Å². The van der Waals surface area contributed by atoms with Crippen LogP contribution in [0.3, 0.4) is 0 Å². The van der Waals surface area contributed by atoms with Crippen molar-refractivity contribution in [3.8, 4) is 10.4 Å². The molecule has 3 aromatic heterocycles. The maximum atomic E-state index is 6.39. The van der Waals surface area contributed by atoms with E-state index in [0.717, 1.165) is 44.2 Å². The molecule has 30 heavy (non-hydrogen) atoms. The first-order valence-corrected chi connectivity index (χ1v) is 10.7. The van der Waals surface area contributed by atoms with Crippen LogP contribution in [0.2, 0.25) is 0 Å². The second-order valence-electron chi connectivity index (χ2n) is 7.32. The fraction of sp³-hybridized carbons (Fsp3) is 0.182. The number of rotatable bonds is 7. The minimum absolute atomic E-state index is 0.00276. The summed E-state index contributed by atoms with van der Waals surface area (Å²) in [4.78, 5) is 8.94. The van der Waals surface area contributed by atoms with Gasteiger partial charge in [0.2, 0.25) is 0 Å². The summed E-state index contributed by atoms with van der Waals surface area (Å²) in [7, 11) is 1.87. The molecule has 0 unspecified atom stereocenters. The number of para-hydroxylation sites is 1. The summed E-state index contributed by atoms with van der Waals surface area (Å²) in [6.07, 6.45) is 4.76. The molecule has 0 amide bonds. The van der Waals surface area contributed by atoms with Gasteiger partial charge in [-0.1, -0.05) is 35.6 Å². The van der Waals surface area contributed by atoms with Gasteiger partial charge in [-0.05, 0) is 35.7 Å². The van der Waals surface area contributed by atoms with E-state index in [1.54, 1.807) is 11.3 Å². The molecule has 6 N–H and O–H groups in total. The molecule has 0 aliphatic rings. The molecule has 1 atom stereocenters. The summed E-state index contributed by atoms with van der Waals surface area (Å²) < 4.78 is 0. The van der Waals surface area contributed by atoms with E-state index in [1.165, 1.54) is 10.9 Å². The zero-order chi connectivity index (χ0) is 20.5. The number of anilines is 2. The fourth-order valence-electron chi connectivity index (χ4n) is 3.72. The number of hydrogen-bond acceptors (Lipinski definition) is 6. The van der Waals surface area contributed by atoms with Gasteiger partial charge in [-0.25, -0.2) is 4.98 Å². The van der Waals surface area contributed by atoms with E-state index in [4.69, 9.17) is 5.73 Å². The quantitative estimate of drug-likeness (QED) is 0.273. The maximum Gasteiger partial charge on any atom is 0.183 e. The van der Waals surface area contributed by atoms with Crippen LogP contribution in [0, 0.1) is 0 Å². The summed E-state index contributed by atoms with van der Waals surface area (Å²) in [5.41, 5.74) is 10.9. The lowest BCUT2D eigenvalue weighted by molar-refractivity contribution is 0.702. The molecule has 0 fully saturated rings. The molecular weight excluding hydrogens is 394 g/mol. The molecular formula is C22H23N7S. The standard InChI is InChI=1S/C22H23N7S/c1-24-21-17-9-13(6-7-19(17)28-29-21)20-12-27-22(30-20)26-11-15(23)8-14-10-25-18-5-3-2-4-16(14)18/h2-7,9-10,12,15,25H,8,11,23H2,1H3,(H,26,27)(H2,24,28,29)/t15-/m0/s1. The Morgan fingerprint density at radius 1 is 1.13 bits per heavy atom. The van der Waals surface area contributed by atoms with E-state index in [2.05, 4.69) is 67.3 Å². The van der Waals surface area contributed by atoms with Crippen molar-refractivity contribution in [1.82, 2.24) is 20.2 Å². The first-order valence-electron chi connectivity index (χ1n) is 9.88. The highest BCUT2D eigenvalue weighted by Gasteiger charge is 2.11. The predicted octanol–water partition coefficient (Wildman–Crippen LogP) is 4.19. The van der Waals surface area contributed by atoms with Gasteiger partial charge in [-0.2, -0.15) is 5.10 Å². The van der Waals surface area contributed by atoms with Crippen LogP contribution in [0.25, 0.3) is 32.2 Å². The average molecular weight is 418 g/mol. The summed E-state index contributed by atoms with van der Waals surface area (Å²) in [6.45, 7) is 0.664. The topological polar surface area (TPSA) is 107 Å². The Morgan fingerprint density at radius 3 is 2.93 bits per heavy atom. The number of H-pyrrole nitrogens is 2. The van der Waals surface area contributed by atoms with Crippen molar-refractivity contribution in [3.05, 3.63) is 60.4 Å². The number of nitrogens with two attached hydrogens (primary N) is 1. The van der Waals surface area contributed by atoms with Crippen molar-refractivity contribution in [1.29, 1.82) is 0 Å². The van der Waals surface area contributed by atoms with Crippen molar-refractivity contribution in [3.63, 3.8) is 0 Å². The largest absolute Gasteiger partial charge is 0.371 e. The van der Waals surface area contributed by atoms with E-state index in [0.29, 0.717) is 6.54 Å². The third-order valence-electron chi connectivity index (χ3n) is 5.26. The Bertz CT molecular complexity index is 1300. The van der Waals surface area contributed by atoms with Crippen LogP contribution >= 0.6 is 11.3 Å². The van der Waals surface area contributed by atoms with Crippen LogP contribution in [0.15, 0.2) is 54.9 Å². The van der Waals surface area contributed by atoms with Crippen molar-refractivity contribution in [2.45, 2.75) is 12.5 Å². The number of thiazole rings is 1. The van der Waals surface area contributed by atoms with E-state index in [9.17, 15) is 0 Å². The molecule has 0 radical (unpaired) electrons. The summed E-state index contributed by atoms with van der Waals surface area (Å²) in [5.74, 6) is 0.845. The molecule has 2 aromatic carbocycles. The third-order valence-corrected chi connectivity index (χ3v) is 6.27. The summed E-state index contributed by atoms with van der Waals surface area (Å²) >= 11 is 1.63. The monoisotopic (exact) mass is 417 g/mol.